The number of esters is 1. The van der Waals surface area contributed by atoms with Gasteiger partial charge in [0.15, 0.2) is 0 Å². The first kappa shape index (κ1) is 12.3. The molecule has 0 spiro atoms. The van der Waals surface area contributed by atoms with Crippen molar-refractivity contribution in [2.24, 2.45) is 0 Å². The zero-order chi connectivity index (χ0) is 11.6. The molecule has 3 nitrogen and oxygen atoms in total. The van der Waals surface area contributed by atoms with Gasteiger partial charge in [-0.3, -0.25) is 4.98 Å². The van der Waals surface area contributed by atoms with E-state index in [0.717, 1.165) is 13.3 Å². The number of aromatic nitrogens is 1. The van der Waals surface area contributed by atoms with E-state index in [2.05, 4.69) is 25.7 Å². The summed E-state index contributed by atoms with van der Waals surface area (Å²) >= 11 is 8.49. The van der Waals surface area contributed by atoms with Gasteiger partial charge in [-0.1, -0.05) is 11.6 Å². The highest BCUT2D eigenvalue weighted by Gasteiger charge is 2.23. The SMILES string of the molecule is COC(=O)c1c(Cl)cnc(C(F)F)c1Br. The average Bonchev–Trinajstić information content (AvgIpc) is 2.16. The largest absolute Gasteiger partial charge is 0.465 e. The van der Waals surface area contributed by atoms with E-state index in [1.54, 1.807) is 0 Å². The number of halogens is 4. The zero-order valence-electron chi connectivity index (χ0n) is 7.43. The van der Waals surface area contributed by atoms with Gasteiger partial charge in [0, 0.05) is 6.20 Å². The molecule has 0 fully saturated rings. The van der Waals surface area contributed by atoms with Crippen molar-refractivity contribution in [2.75, 3.05) is 7.11 Å². The number of pyridine rings is 1. The van der Waals surface area contributed by atoms with Gasteiger partial charge in [0.25, 0.3) is 6.43 Å². The molecular formula is C8H5BrClF2NO2. The Hall–Kier alpha value is -0.750. The molecule has 1 rings (SSSR count). The van der Waals surface area contributed by atoms with Crippen LogP contribution in [0.4, 0.5) is 8.78 Å². The number of carbonyl (C=O) groups excluding carboxylic acids is 1. The quantitative estimate of drug-likeness (QED) is 0.787. The monoisotopic (exact) mass is 299 g/mol. The molecule has 0 radical (unpaired) electrons. The molecule has 0 aliphatic heterocycles. The van der Waals surface area contributed by atoms with Crippen LogP contribution in [0.3, 0.4) is 0 Å². The van der Waals surface area contributed by atoms with Gasteiger partial charge in [-0.15, -0.1) is 0 Å². The fraction of sp³-hybridized carbons (Fsp3) is 0.250. The standard InChI is InChI=1S/C8H5BrClF2NO2/c1-15-8(14)4-3(10)2-13-6(5(4)9)7(11)12/h2,7H,1H3. The van der Waals surface area contributed by atoms with Gasteiger partial charge in [-0.2, -0.15) is 0 Å². The molecule has 0 aromatic carbocycles. The Morgan fingerprint density at radius 1 is 1.67 bits per heavy atom. The number of methoxy groups -OCH3 is 1. The van der Waals surface area contributed by atoms with E-state index in [1.807, 2.05) is 0 Å². The van der Waals surface area contributed by atoms with Gasteiger partial charge in [-0.25, -0.2) is 13.6 Å². The normalized spacial score (nSPS) is 10.5. The van der Waals surface area contributed by atoms with E-state index < -0.39 is 18.1 Å². The van der Waals surface area contributed by atoms with E-state index in [9.17, 15) is 13.6 Å². The lowest BCUT2D eigenvalue weighted by atomic mass is 10.2. The second-order valence-corrected chi connectivity index (χ2v) is 3.67. The predicted molar refractivity (Wildman–Crippen MR) is 53.2 cm³/mol. The zero-order valence-corrected chi connectivity index (χ0v) is 9.77. The van der Waals surface area contributed by atoms with E-state index in [-0.39, 0.29) is 15.1 Å². The van der Waals surface area contributed by atoms with E-state index in [1.165, 1.54) is 0 Å². The summed E-state index contributed by atoms with van der Waals surface area (Å²) in [5.74, 6) is -0.795. The lowest BCUT2D eigenvalue weighted by molar-refractivity contribution is 0.0599. The Morgan fingerprint density at radius 2 is 2.27 bits per heavy atom. The van der Waals surface area contributed by atoms with E-state index in [0.29, 0.717) is 0 Å². The molecule has 1 aromatic heterocycles. The third kappa shape index (κ3) is 2.43. The number of rotatable bonds is 2. The number of carbonyl (C=O) groups is 1. The maximum absolute atomic E-state index is 12.4. The molecule has 1 aromatic rings. The summed E-state index contributed by atoms with van der Waals surface area (Å²) in [5.41, 5.74) is -0.690. The second kappa shape index (κ2) is 4.85. The topological polar surface area (TPSA) is 39.2 Å². The lowest BCUT2D eigenvalue weighted by Crippen LogP contribution is -2.06. The molecule has 0 bridgehead atoms. The van der Waals surface area contributed by atoms with Gasteiger partial charge in [0.2, 0.25) is 0 Å². The third-order valence-corrected chi connectivity index (χ3v) is 2.69. The molecule has 0 saturated carbocycles. The number of alkyl halides is 2. The smallest absolute Gasteiger partial charge is 0.340 e. The first-order valence-electron chi connectivity index (χ1n) is 3.69. The summed E-state index contributed by atoms with van der Waals surface area (Å²) in [6, 6.07) is 0. The van der Waals surface area contributed by atoms with E-state index >= 15 is 0 Å². The van der Waals surface area contributed by atoms with Crippen LogP contribution >= 0.6 is 27.5 Å². The van der Waals surface area contributed by atoms with Crippen LogP contribution in [0.2, 0.25) is 5.02 Å². The van der Waals surface area contributed by atoms with Crippen molar-refractivity contribution in [3.05, 3.63) is 26.9 Å². The summed E-state index contributed by atoms with van der Waals surface area (Å²) < 4.78 is 29.1. The van der Waals surface area contributed by atoms with Crippen LogP contribution < -0.4 is 0 Å². The van der Waals surface area contributed by atoms with Crippen LogP contribution in [-0.4, -0.2) is 18.1 Å². The maximum Gasteiger partial charge on any atom is 0.340 e. The first-order chi connectivity index (χ1) is 6.99. The number of ether oxygens (including phenoxy) is 1. The van der Waals surface area contributed by atoms with Crippen LogP contribution in [0, 0.1) is 0 Å². The van der Waals surface area contributed by atoms with Crippen molar-refractivity contribution in [3.8, 4) is 0 Å². The lowest BCUT2D eigenvalue weighted by Gasteiger charge is -2.08. The fourth-order valence-electron chi connectivity index (χ4n) is 0.922. The molecule has 1 heterocycles. The van der Waals surface area contributed by atoms with Crippen LogP contribution in [0.15, 0.2) is 10.7 Å². The second-order valence-electron chi connectivity index (χ2n) is 2.47. The summed E-state index contributed by atoms with van der Waals surface area (Å²) in [4.78, 5) is 14.6. The van der Waals surface area contributed by atoms with Crippen molar-refractivity contribution >= 4 is 33.5 Å². The first-order valence-corrected chi connectivity index (χ1v) is 4.86. The van der Waals surface area contributed by atoms with Crippen LogP contribution in [-0.2, 0) is 4.74 Å². The molecular weight excluding hydrogens is 295 g/mol. The van der Waals surface area contributed by atoms with Gasteiger partial charge in [0.1, 0.15) is 5.69 Å². The van der Waals surface area contributed by atoms with Crippen molar-refractivity contribution in [3.63, 3.8) is 0 Å². The van der Waals surface area contributed by atoms with Gasteiger partial charge < -0.3 is 4.74 Å². The third-order valence-electron chi connectivity index (χ3n) is 1.60. The maximum atomic E-state index is 12.4. The minimum atomic E-state index is -2.79. The number of hydrogen-bond donors (Lipinski definition) is 0. The Kier molecular flexibility index (Phi) is 3.98. The minimum absolute atomic E-state index is 0.0434. The molecule has 7 heteroatoms. The molecule has 15 heavy (non-hydrogen) atoms. The molecule has 0 unspecified atom stereocenters. The molecule has 0 amide bonds. The van der Waals surface area contributed by atoms with Crippen LogP contribution in [0.1, 0.15) is 22.5 Å². The average molecular weight is 300 g/mol. The molecule has 0 saturated heterocycles. The molecule has 0 aliphatic carbocycles. The van der Waals surface area contributed by atoms with Crippen molar-refractivity contribution in [1.29, 1.82) is 0 Å². The highest BCUT2D eigenvalue weighted by atomic mass is 79.9. The molecule has 0 aliphatic rings. The molecule has 82 valence electrons. The van der Waals surface area contributed by atoms with Gasteiger partial charge in [-0.05, 0) is 15.9 Å². The van der Waals surface area contributed by atoms with Crippen LogP contribution in [0.5, 0.6) is 0 Å². The summed E-state index contributed by atoms with van der Waals surface area (Å²) in [6.45, 7) is 0. The Labute approximate surface area is 97.5 Å². The summed E-state index contributed by atoms with van der Waals surface area (Å²) in [7, 11) is 1.13. The van der Waals surface area contributed by atoms with Crippen LogP contribution in [0.25, 0.3) is 0 Å². The van der Waals surface area contributed by atoms with Crippen molar-refractivity contribution in [1.82, 2.24) is 4.98 Å². The Balaban J connectivity index is 3.36. The summed E-state index contributed by atoms with van der Waals surface area (Å²) in [5, 5.41) is -0.0434. The number of hydrogen-bond acceptors (Lipinski definition) is 3. The highest BCUT2D eigenvalue weighted by molar-refractivity contribution is 9.10. The van der Waals surface area contributed by atoms with Gasteiger partial charge in [0.05, 0.1) is 22.2 Å². The highest BCUT2D eigenvalue weighted by Crippen LogP contribution is 2.32. The number of nitrogens with zero attached hydrogens (tertiary/aromatic N) is 1. The molecule has 0 N–H and O–H groups in total. The molecule has 0 atom stereocenters. The van der Waals surface area contributed by atoms with E-state index in [4.69, 9.17) is 11.6 Å². The van der Waals surface area contributed by atoms with Crippen molar-refractivity contribution in [2.45, 2.75) is 6.43 Å². The summed E-state index contributed by atoms with van der Waals surface area (Å²) in [6.07, 6.45) is -1.81. The Morgan fingerprint density at radius 3 is 2.73 bits per heavy atom. The fourth-order valence-corrected chi connectivity index (χ4v) is 1.91. The Bertz CT molecular complexity index is 400. The minimum Gasteiger partial charge on any atom is -0.465 e. The van der Waals surface area contributed by atoms with Gasteiger partial charge >= 0.3 is 5.97 Å². The van der Waals surface area contributed by atoms with Crippen molar-refractivity contribution < 1.29 is 18.3 Å². The predicted octanol–water partition coefficient (Wildman–Crippen LogP) is 3.22.